The molecule has 2 fully saturated rings. The first kappa shape index (κ1) is 24.3. The summed E-state index contributed by atoms with van der Waals surface area (Å²) < 4.78 is 5.45. The molecule has 1 aromatic carbocycles. The van der Waals surface area contributed by atoms with E-state index in [0.717, 1.165) is 83.5 Å². The van der Waals surface area contributed by atoms with Gasteiger partial charge in [-0.05, 0) is 36.8 Å². The van der Waals surface area contributed by atoms with Gasteiger partial charge in [-0.25, -0.2) is 0 Å². The van der Waals surface area contributed by atoms with Crippen LogP contribution in [-0.4, -0.2) is 87.7 Å². The molecule has 3 aliphatic heterocycles. The number of aliphatic imine (C=N–C) groups is 1. The highest BCUT2D eigenvalue weighted by molar-refractivity contribution is 14.0. The normalized spacial score (nSPS) is 21.7. The molecule has 0 bridgehead atoms. The fraction of sp³-hybridized carbons (Fsp3) is 0.652. The van der Waals surface area contributed by atoms with Crippen molar-refractivity contribution in [3.63, 3.8) is 0 Å². The number of carbonyl (C=O) groups excluding carboxylic acids is 1. The number of likely N-dealkylation sites (tertiary alicyclic amines) is 1. The van der Waals surface area contributed by atoms with Crippen molar-refractivity contribution in [3.8, 4) is 0 Å². The summed E-state index contributed by atoms with van der Waals surface area (Å²) in [6.45, 7) is 8.69. The Labute approximate surface area is 203 Å². The van der Waals surface area contributed by atoms with E-state index in [1.165, 1.54) is 12.0 Å². The molecule has 1 aromatic rings. The minimum Gasteiger partial charge on any atom is -0.379 e. The van der Waals surface area contributed by atoms with E-state index in [0.29, 0.717) is 12.3 Å². The highest BCUT2D eigenvalue weighted by Crippen LogP contribution is 2.28. The predicted molar refractivity (Wildman–Crippen MR) is 135 cm³/mol. The van der Waals surface area contributed by atoms with Crippen molar-refractivity contribution in [1.82, 2.24) is 15.1 Å². The minimum absolute atomic E-state index is 0. The minimum atomic E-state index is 0. The number of benzene rings is 1. The number of rotatable bonds is 6. The van der Waals surface area contributed by atoms with E-state index < -0.39 is 0 Å². The van der Waals surface area contributed by atoms with Crippen molar-refractivity contribution in [2.45, 2.75) is 25.7 Å². The molecule has 0 spiro atoms. The van der Waals surface area contributed by atoms with Gasteiger partial charge >= 0.3 is 0 Å². The van der Waals surface area contributed by atoms with Crippen molar-refractivity contribution in [1.29, 1.82) is 0 Å². The van der Waals surface area contributed by atoms with Gasteiger partial charge in [0, 0.05) is 65.0 Å². The molecule has 0 radical (unpaired) electrons. The number of ether oxygens (including phenoxy) is 1. The molecule has 1 atom stereocenters. The summed E-state index contributed by atoms with van der Waals surface area (Å²) in [4.78, 5) is 24.0. The van der Waals surface area contributed by atoms with E-state index in [1.807, 2.05) is 24.1 Å². The van der Waals surface area contributed by atoms with E-state index in [2.05, 4.69) is 32.2 Å². The molecule has 1 N–H and O–H groups in total. The van der Waals surface area contributed by atoms with Gasteiger partial charge in [0.2, 0.25) is 5.91 Å². The Kier molecular flexibility index (Phi) is 9.40. The van der Waals surface area contributed by atoms with Gasteiger partial charge in [-0.2, -0.15) is 0 Å². The number of morpholine rings is 1. The topological polar surface area (TPSA) is 60.4 Å². The monoisotopic (exact) mass is 541 g/mol. The lowest BCUT2D eigenvalue weighted by molar-refractivity contribution is -0.118. The highest BCUT2D eigenvalue weighted by atomic mass is 127. The number of amides is 1. The first-order valence-corrected chi connectivity index (χ1v) is 11.4. The number of anilines is 1. The molecule has 31 heavy (non-hydrogen) atoms. The Morgan fingerprint density at radius 1 is 1.19 bits per heavy atom. The van der Waals surface area contributed by atoms with Crippen LogP contribution in [0.4, 0.5) is 5.69 Å². The van der Waals surface area contributed by atoms with E-state index in [1.54, 1.807) is 0 Å². The molecule has 4 rings (SSSR count). The maximum atomic E-state index is 12.7. The van der Waals surface area contributed by atoms with Crippen LogP contribution in [0.2, 0.25) is 0 Å². The van der Waals surface area contributed by atoms with Crippen LogP contribution in [0.1, 0.15) is 24.8 Å². The van der Waals surface area contributed by atoms with Gasteiger partial charge in [0.25, 0.3) is 0 Å². The molecule has 8 heteroatoms. The second-order valence-corrected chi connectivity index (χ2v) is 8.52. The number of hydrogen-bond donors (Lipinski definition) is 1. The predicted octanol–water partition coefficient (Wildman–Crippen LogP) is 2.20. The smallest absolute Gasteiger partial charge is 0.227 e. The van der Waals surface area contributed by atoms with E-state index >= 15 is 0 Å². The maximum absolute atomic E-state index is 12.7. The van der Waals surface area contributed by atoms with Crippen LogP contribution >= 0.6 is 24.0 Å². The third kappa shape index (κ3) is 6.32. The summed E-state index contributed by atoms with van der Waals surface area (Å²) in [7, 11) is 1.85. The van der Waals surface area contributed by atoms with Crippen LogP contribution in [0.3, 0.4) is 0 Å². The second-order valence-electron chi connectivity index (χ2n) is 8.52. The van der Waals surface area contributed by atoms with Crippen LogP contribution in [0.5, 0.6) is 0 Å². The first-order chi connectivity index (χ1) is 14.7. The largest absolute Gasteiger partial charge is 0.379 e. The molecule has 172 valence electrons. The van der Waals surface area contributed by atoms with Crippen LogP contribution in [0.15, 0.2) is 29.3 Å². The van der Waals surface area contributed by atoms with E-state index in [9.17, 15) is 4.79 Å². The van der Waals surface area contributed by atoms with Gasteiger partial charge in [0.1, 0.15) is 0 Å². The van der Waals surface area contributed by atoms with Crippen LogP contribution in [0, 0.1) is 5.92 Å². The quantitative estimate of drug-likeness (QED) is 0.259. The second kappa shape index (κ2) is 12.0. The number of halogens is 1. The number of nitrogens with zero attached hydrogens (tertiary/aromatic N) is 4. The summed E-state index contributed by atoms with van der Waals surface area (Å²) in [6.07, 6.45) is 3.57. The lowest BCUT2D eigenvalue weighted by atomic mass is 10.1. The molecular formula is C23H36IN5O2. The van der Waals surface area contributed by atoms with Gasteiger partial charge < -0.3 is 19.9 Å². The number of hydrogen-bond acceptors (Lipinski definition) is 4. The summed E-state index contributed by atoms with van der Waals surface area (Å²) in [5.41, 5.74) is 2.37. The first-order valence-electron chi connectivity index (χ1n) is 11.4. The summed E-state index contributed by atoms with van der Waals surface area (Å²) >= 11 is 0. The van der Waals surface area contributed by atoms with Crippen LogP contribution in [-0.2, 0) is 16.0 Å². The number of guanidine groups is 1. The summed E-state index contributed by atoms with van der Waals surface area (Å²) in [6, 6.07) is 8.24. The fourth-order valence-electron chi connectivity index (χ4n) is 4.83. The third-order valence-corrected chi connectivity index (χ3v) is 6.46. The zero-order chi connectivity index (χ0) is 20.8. The summed E-state index contributed by atoms with van der Waals surface area (Å²) in [5, 5.41) is 3.47. The lowest BCUT2D eigenvalue weighted by Gasteiger charge is -2.29. The Morgan fingerprint density at radius 3 is 2.81 bits per heavy atom. The molecule has 2 saturated heterocycles. The van der Waals surface area contributed by atoms with Gasteiger partial charge in [0.05, 0.1) is 13.2 Å². The molecule has 3 heterocycles. The average Bonchev–Trinajstić information content (AvgIpc) is 3.41. The Balaban J connectivity index is 0.00000272. The Hall–Kier alpha value is -1.39. The number of carbonyl (C=O) groups is 1. The van der Waals surface area contributed by atoms with Gasteiger partial charge in [-0.1, -0.05) is 18.2 Å². The lowest BCUT2D eigenvalue weighted by Crippen LogP contribution is -2.42. The van der Waals surface area contributed by atoms with Crippen LogP contribution in [0.25, 0.3) is 0 Å². The SMILES string of the molecule is CN=C(NCCCC(=O)N1CCc2ccccc21)N1CCC(CN2CCOCC2)C1.I. The van der Waals surface area contributed by atoms with E-state index in [-0.39, 0.29) is 29.9 Å². The summed E-state index contributed by atoms with van der Waals surface area (Å²) in [5.74, 6) is 1.89. The Bertz CT molecular complexity index is 753. The standard InChI is InChI=1S/C23H35N5O2.HI/c1-24-23(27-11-8-19(18-27)17-26-13-15-30-16-14-26)25-10-4-7-22(29)28-12-9-20-5-2-3-6-21(20)28;/h2-3,5-6,19H,4,7-18H2,1H3,(H,24,25);1H. The van der Waals surface area contributed by atoms with E-state index in [4.69, 9.17) is 4.74 Å². The number of fused-ring (bicyclic) bond motifs is 1. The van der Waals surface area contributed by atoms with Crippen molar-refractivity contribution in [3.05, 3.63) is 29.8 Å². The molecule has 0 aromatic heterocycles. The highest BCUT2D eigenvalue weighted by Gasteiger charge is 2.27. The zero-order valence-electron chi connectivity index (χ0n) is 18.6. The van der Waals surface area contributed by atoms with Gasteiger partial charge in [0.15, 0.2) is 5.96 Å². The third-order valence-electron chi connectivity index (χ3n) is 6.46. The molecule has 1 unspecified atom stereocenters. The van der Waals surface area contributed by atoms with Gasteiger partial charge in [-0.3, -0.25) is 14.7 Å². The van der Waals surface area contributed by atoms with Crippen molar-refractivity contribution >= 4 is 41.5 Å². The van der Waals surface area contributed by atoms with Crippen molar-refractivity contribution in [2.75, 3.05) is 71.0 Å². The van der Waals surface area contributed by atoms with Crippen LogP contribution < -0.4 is 10.2 Å². The maximum Gasteiger partial charge on any atom is 0.227 e. The molecule has 0 saturated carbocycles. The molecular weight excluding hydrogens is 505 g/mol. The Morgan fingerprint density at radius 2 is 2.00 bits per heavy atom. The molecule has 0 aliphatic carbocycles. The fourth-order valence-corrected chi connectivity index (χ4v) is 4.83. The average molecular weight is 541 g/mol. The number of para-hydroxylation sites is 1. The van der Waals surface area contributed by atoms with Gasteiger partial charge in [-0.15, -0.1) is 24.0 Å². The molecule has 7 nitrogen and oxygen atoms in total. The van der Waals surface area contributed by atoms with Crippen molar-refractivity contribution in [2.24, 2.45) is 10.9 Å². The molecule has 1 amide bonds. The zero-order valence-corrected chi connectivity index (χ0v) is 20.9. The molecule has 3 aliphatic rings. The van der Waals surface area contributed by atoms with Crippen molar-refractivity contribution < 1.29 is 9.53 Å². The number of nitrogens with one attached hydrogen (secondary N) is 1.